The highest BCUT2D eigenvalue weighted by Gasteiger charge is 2.12. The van der Waals surface area contributed by atoms with Crippen molar-refractivity contribution in [1.82, 2.24) is 9.97 Å². The Morgan fingerprint density at radius 3 is 2.80 bits per heavy atom. The monoisotopic (exact) mass is 335 g/mol. The molecule has 1 saturated carbocycles. The van der Waals surface area contributed by atoms with Crippen LogP contribution in [0.1, 0.15) is 43.4 Å². The molecule has 0 aromatic carbocycles. The number of hydrogen-bond donors (Lipinski definition) is 1. The van der Waals surface area contributed by atoms with Gasteiger partial charge in [0.2, 0.25) is 11.1 Å². The maximum atomic E-state index is 12.8. The average Bonchev–Trinajstić information content (AvgIpc) is 2.63. The molecule has 0 saturated heterocycles. The van der Waals surface area contributed by atoms with E-state index in [1.165, 1.54) is 32.1 Å². The van der Waals surface area contributed by atoms with Gasteiger partial charge in [-0.2, -0.15) is 4.98 Å². The standard InChI is InChI=1S/C20H21N3O2/c1-12-9-16-18(24)15-10-14(8-7-13-5-3-2-4-6-13)22-11-17(15)25-20(16)23-19(12)21/h7-11,13H,2-6H2,1H3,(H2,21,23)/b8-7+. The second-order valence-electron chi connectivity index (χ2n) is 6.84. The molecule has 3 aromatic heterocycles. The lowest BCUT2D eigenvalue weighted by Crippen LogP contribution is -2.06. The van der Waals surface area contributed by atoms with Gasteiger partial charge in [0, 0.05) is 0 Å². The van der Waals surface area contributed by atoms with E-state index in [-0.39, 0.29) is 11.1 Å². The Labute approximate surface area is 145 Å². The molecule has 128 valence electrons. The Morgan fingerprint density at radius 2 is 2.00 bits per heavy atom. The van der Waals surface area contributed by atoms with E-state index >= 15 is 0 Å². The quantitative estimate of drug-likeness (QED) is 0.709. The van der Waals surface area contributed by atoms with E-state index in [1.54, 1.807) is 18.3 Å². The predicted octanol–water partition coefficient (Wildman–Crippen LogP) is 4.22. The summed E-state index contributed by atoms with van der Waals surface area (Å²) in [5.41, 5.74) is 7.96. The van der Waals surface area contributed by atoms with Gasteiger partial charge < -0.3 is 10.2 Å². The van der Waals surface area contributed by atoms with Crippen LogP contribution < -0.4 is 11.2 Å². The number of anilines is 1. The minimum absolute atomic E-state index is 0.0958. The molecule has 0 unspecified atom stereocenters. The molecule has 4 rings (SSSR count). The Morgan fingerprint density at radius 1 is 1.20 bits per heavy atom. The topological polar surface area (TPSA) is 82.0 Å². The average molecular weight is 335 g/mol. The summed E-state index contributed by atoms with van der Waals surface area (Å²) in [6, 6.07) is 3.53. The Kier molecular flexibility index (Phi) is 3.99. The summed E-state index contributed by atoms with van der Waals surface area (Å²) in [7, 11) is 0. The van der Waals surface area contributed by atoms with Gasteiger partial charge in [0.25, 0.3) is 0 Å². The van der Waals surface area contributed by atoms with Crippen LogP contribution in [0, 0.1) is 12.8 Å². The summed E-state index contributed by atoms with van der Waals surface area (Å²) in [4.78, 5) is 21.4. The van der Waals surface area contributed by atoms with Crippen molar-refractivity contribution in [3.8, 4) is 0 Å². The number of rotatable bonds is 2. The lowest BCUT2D eigenvalue weighted by Gasteiger charge is -2.17. The van der Waals surface area contributed by atoms with Crippen LogP contribution in [0.25, 0.3) is 28.1 Å². The lowest BCUT2D eigenvalue weighted by atomic mass is 9.89. The van der Waals surface area contributed by atoms with Gasteiger partial charge in [0.15, 0.2) is 5.58 Å². The fourth-order valence-electron chi connectivity index (χ4n) is 3.47. The largest absolute Gasteiger partial charge is 0.436 e. The summed E-state index contributed by atoms with van der Waals surface area (Å²) < 4.78 is 5.73. The van der Waals surface area contributed by atoms with Crippen molar-refractivity contribution < 1.29 is 4.42 Å². The number of aryl methyl sites for hydroxylation is 1. The van der Waals surface area contributed by atoms with E-state index in [0.29, 0.717) is 28.1 Å². The highest BCUT2D eigenvalue weighted by atomic mass is 16.3. The molecule has 0 radical (unpaired) electrons. The molecule has 0 aliphatic heterocycles. The van der Waals surface area contributed by atoms with Gasteiger partial charge in [-0.3, -0.25) is 9.78 Å². The molecule has 25 heavy (non-hydrogen) atoms. The van der Waals surface area contributed by atoms with Crippen molar-refractivity contribution in [2.75, 3.05) is 5.73 Å². The first-order valence-electron chi connectivity index (χ1n) is 8.80. The SMILES string of the molecule is Cc1cc2c(=O)c3cc(/C=C/C4CCCCC4)ncc3oc2nc1N. The molecule has 0 spiro atoms. The summed E-state index contributed by atoms with van der Waals surface area (Å²) in [6.45, 7) is 1.83. The van der Waals surface area contributed by atoms with Gasteiger partial charge in [0.05, 0.1) is 22.7 Å². The van der Waals surface area contributed by atoms with Crippen molar-refractivity contribution in [3.63, 3.8) is 0 Å². The predicted molar refractivity (Wildman–Crippen MR) is 100 cm³/mol. The third-order valence-electron chi connectivity index (χ3n) is 4.99. The van der Waals surface area contributed by atoms with Crippen molar-refractivity contribution >= 4 is 34.0 Å². The number of hydrogen-bond acceptors (Lipinski definition) is 5. The molecule has 1 fully saturated rings. The number of allylic oxidation sites excluding steroid dienone is 1. The third-order valence-corrected chi connectivity index (χ3v) is 4.99. The first kappa shape index (κ1) is 15.8. The number of nitrogens with two attached hydrogens (primary N) is 1. The van der Waals surface area contributed by atoms with Crippen molar-refractivity contribution in [3.05, 3.63) is 45.9 Å². The van der Waals surface area contributed by atoms with Crippen LogP contribution in [0.15, 0.2) is 33.6 Å². The zero-order chi connectivity index (χ0) is 17.4. The van der Waals surface area contributed by atoms with Crippen LogP contribution in [0.2, 0.25) is 0 Å². The van der Waals surface area contributed by atoms with Crippen molar-refractivity contribution in [1.29, 1.82) is 0 Å². The van der Waals surface area contributed by atoms with Crippen LogP contribution in [-0.2, 0) is 0 Å². The molecule has 0 atom stereocenters. The van der Waals surface area contributed by atoms with Gasteiger partial charge >= 0.3 is 0 Å². The summed E-state index contributed by atoms with van der Waals surface area (Å²) >= 11 is 0. The summed E-state index contributed by atoms with van der Waals surface area (Å²) in [6.07, 6.45) is 12.2. The Balaban J connectivity index is 1.78. The van der Waals surface area contributed by atoms with E-state index in [4.69, 9.17) is 10.2 Å². The number of fused-ring (bicyclic) bond motifs is 2. The van der Waals surface area contributed by atoms with Gasteiger partial charge in [0.1, 0.15) is 5.82 Å². The molecule has 2 N–H and O–H groups in total. The molecule has 0 amide bonds. The van der Waals surface area contributed by atoms with Crippen molar-refractivity contribution in [2.24, 2.45) is 5.92 Å². The number of aromatic nitrogens is 2. The van der Waals surface area contributed by atoms with E-state index in [0.717, 1.165) is 11.3 Å². The smallest absolute Gasteiger partial charge is 0.232 e. The molecular formula is C20H21N3O2. The zero-order valence-corrected chi connectivity index (χ0v) is 14.3. The minimum Gasteiger partial charge on any atom is -0.436 e. The van der Waals surface area contributed by atoms with E-state index in [2.05, 4.69) is 16.0 Å². The molecular weight excluding hydrogens is 314 g/mol. The molecule has 3 aromatic rings. The zero-order valence-electron chi connectivity index (χ0n) is 14.3. The molecule has 0 bridgehead atoms. The number of pyridine rings is 2. The normalized spacial score (nSPS) is 16.2. The second-order valence-corrected chi connectivity index (χ2v) is 6.84. The number of nitrogens with zero attached hydrogens (tertiary/aromatic N) is 2. The van der Waals surface area contributed by atoms with E-state index in [1.807, 2.05) is 13.0 Å². The Bertz CT molecular complexity index is 1030. The summed E-state index contributed by atoms with van der Waals surface area (Å²) in [5, 5.41) is 0.976. The first-order valence-corrected chi connectivity index (χ1v) is 8.80. The van der Waals surface area contributed by atoms with Gasteiger partial charge in [-0.25, -0.2) is 0 Å². The molecule has 1 aliphatic carbocycles. The summed E-state index contributed by atoms with van der Waals surface area (Å²) in [5.74, 6) is 0.990. The maximum Gasteiger partial charge on any atom is 0.232 e. The molecule has 1 aliphatic rings. The third kappa shape index (κ3) is 3.02. The highest BCUT2D eigenvalue weighted by molar-refractivity contribution is 5.89. The highest BCUT2D eigenvalue weighted by Crippen LogP contribution is 2.25. The van der Waals surface area contributed by atoms with Crippen LogP contribution >= 0.6 is 0 Å². The fraction of sp³-hybridized carbons (Fsp3) is 0.350. The molecule has 5 heteroatoms. The van der Waals surface area contributed by atoms with Gasteiger partial charge in [-0.05, 0) is 49.5 Å². The van der Waals surface area contributed by atoms with Gasteiger partial charge in [-0.1, -0.05) is 25.3 Å². The van der Waals surface area contributed by atoms with E-state index in [9.17, 15) is 4.79 Å². The van der Waals surface area contributed by atoms with Crippen LogP contribution in [0.5, 0.6) is 0 Å². The lowest BCUT2D eigenvalue weighted by molar-refractivity contribution is 0.420. The van der Waals surface area contributed by atoms with Gasteiger partial charge in [-0.15, -0.1) is 0 Å². The van der Waals surface area contributed by atoms with Crippen molar-refractivity contribution in [2.45, 2.75) is 39.0 Å². The molecule has 5 nitrogen and oxygen atoms in total. The minimum atomic E-state index is -0.0958. The Hall–Kier alpha value is -2.69. The van der Waals surface area contributed by atoms with Crippen LogP contribution in [0.3, 0.4) is 0 Å². The van der Waals surface area contributed by atoms with Crippen LogP contribution in [-0.4, -0.2) is 9.97 Å². The van der Waals surface area contributed by atoms with E-state index < -0.39 is 0 Å². The number of nitrogen functional groups attached to an aromatic ring is 1. The van der Waals surface area contributed by atoms with Crippen LogP contribution in [0.4, 0.5) is 5.82 Å². The molecule has 3 heterocycles. The maximum absolute atomic E-state index is 12.8. The first-order chi connectivity index (χ1) is 12.1. The fourth-order valence-corrected chi connectivity index (χ4v) is 3.47. The second kappa shape index (κ2) is 6.31.